The first-order valence-electron chi connectivity index (χ1n) is 8.58. The number of aryl methyl sites for hydroxylation is 1. The maximum Gasteiger partial charge on any atom is 0.256 e. The second-order valence-corrected chi connectivity index (χ2v) is 6.48. The Labute approximate surface area is 158 Å². The molecule has 1 unspecified atom stereocenters. The number of aromatic hydroxyl groups is 1. The summed E-state index contributed by atoms with van der Waals surface area (Å²) in [5.74, 6) is -0.567. The van der Waals surface area contributed by atoms with Gasteiger partial charge in [0, 0.05) is 53.2 Å². The SMILES string of the molecule is COCO[C@@H]1C(c2cn(C)c(=O)c(C)c2O)[C@H](OCOC)[C@H](OC)[C@@H]1OC. The van der Waals surface area contributed by atoms with Gasteiger partial charge >= 0.3 is 0 Å². The van der Waals surface area contributed by atoms with Gasteiger partial charge in [-0.05, 0) is 6.92 Å². The lowest BCUT2D eigenvalue weighted by Gasteiger charge is -2.27. The van der Waals surface area contributed by atoms with Crippen molar-refractivity contribution in [3.63, 3.8) is 0 Å². The molecule has 9 nitrogen and oxygen atoms in total. The number of nitrogens with zero attached hydrogens (tertiary/aromatic N) is 1. The van der Waals surface area contributed by atoms with Crippen molar-refractivity contribution in [2.75, 3.05) is 42.0 Å². The van der Waals surface area contributed by atoms with Gasteiger partial charge in [-0.1, -0.05) is 0 Å². The van der Waals surface area contributed by atoms with Gasteiger partial charge in [0.15, 0.2) is 0 Å². The molecule has 1 heterocycles. The van der Waals surface area contributed by atoms with Crippen LogP contribution in [0.1, 0.15) is 17.0 Å². The van der Waals surface area contributed by atoms with E-state index in [-0.39, 0.29) is 30.5 Å². The van der Waals surface area contributed by atoms with Crippen LogP contribution in [-0.4, -0.2) is 76.1 Å². The van der Waals surface area contributed by atoms with Crippen LogP contribution in [0.15, 0.2) is 11.0 Å². The van der Waals surface area contributed by atoms with Gasteiger partial charge in [0.2, 0.25) is 0 Å². The third kappa shape index (κ3) is 4.18. The van der Waals surface area contributed by atoms with E-state index in [9.17, 15) is 9.90 Å². The Morgan fingerprint density at radius 1 is 0.963 bits per heavy atom. The molecule has 0 bridgehead atoms. The lowest BCUT2D eigenvalue weighted by atomic mass is 9.92. The second-order valence-electron chi connectivity index (χ2n) is 6.48. The summed E-state index contributed by atoms with van der Waals surface area (Å²) in [7, 11) is 7.78. The second kappa shape index (κ2) is 9.63. The molecule has 5 atom stereocenters. The van der Waals surface area contributed by atoms with Gasteiger partial charge in [0.1, 0.15) is 31.5 Å². The van der Waals surface area contributed by atoms with Crippen LogP contribution in [0.5, 0.6) is 5.75 Å². The van der Waals surface area contributed by atoms with Gasteiger partial charge in [-0.15, -0.1) is 0 Å². The Bertz CT molecular complexity index is 654. The van der Waals surface area contributed by atoms with Crippen molar-refractivity contribution in [1.82, 2.24) is 4.57 Å². The topological polar surface area (TPSA) is 97.6 Å². The number of ether oxygens (including phenoxy) is 6. The van der Waals surface area contributed by atoms with Gasteiger partial charge in [-0.2, -0.15) is 0 Å². The smallest absolute Gasteiger partial charge is 0.256 e. The van der Waals surface area contributed by atoms with E-state index in [1.54, 1.807) is 34.4 Å². The predicted octanol–water partition coefficient (Wildman–Crippen LogP) is 0.505. The van der Waals surface area contributed by atoms with Gasteiger partial charge in [0.05, 0.1) is 17.8 Å². The molecule has 27 heavy (non-hydrogen) atoms. The van der Waals surface area contributed by atoms with E-state index in [4.69, 9.17) is 28.4 Å². The Morgan fingerprint density at radius 2 is 1.44 bits per heavy atom. The fraction of sp³-hybridized carbons (Fsp3) is 0.722. The van der Waals surface area contributed by atoms with Crippen LogP contribution in [0.2, 0.25) is 0 Å². The monoisotopic (exact) mass is 387 g/mol. The number of methoxy groups -OCH3 is 4. The van der Waals surface area contributed by atoms with Crippen LogP contribution >= 0.6 is 0 Å². The summed E-state index contributed by atoms with van der Waals surface area (Å²) >= 11 is 0. The molecule has 0 amide bonds. The van der Waals surface area contributed by atoms with Crippen molar-refractivity contribution in [2.24, 2.45) is 7.05 Å². The standard InChI is InChI=1S/C18H29NO8/c1-10-13(20)11(7-19(2)18(10)21)12-14(26-8-22-3)16(24-5)17(25-6)15(12)27-9-23-4/h7,12,14-17,20H,8-9H2,1-6H3/t12?,14-,15+,16-,17+. The molecule has 154 valence electrons. The van der Waals surface area contributed by atoms with E-state index in [0.717, 1.165) is 0 Å². The molecule has 1 saturated carbocycles. The first kappa shape index (κ1) is 21.8. The Balaban J connectivity index is 2.59. The maximum absolute atomic E-state index is 12.2. The molecule has 1 aromatic rings. The summed E-state index contributed by atoms with van der Waals surface area (Å²) in [5, 5.41) is 10.7. The molecule has 0 aliphatic heterocycles. The fourth-order valence-corrected chi connectivity index (χ4v) is 3.70. The molecule has 0 radical (unpaired) electrons. The van der Waals surface area contributed by atoms with Crippen molar-refractivity contribution in [3.8, 4) is 5.75 Å². The molecule has 1 aromatic heterocycles. The van der Waals surface area contributed by atoms with Gasteiger partial charge in [-0.25, -0.2) is 0 Å². The van der Waals surface area contributed by atoms with Crippen molar-refractivity contribution in [3.05, 3.63) is 27.7 Å². The Kier molecular flexibility index (Phi) is 7.78. The molecule has 0 saturated heterocycles. The predicted molar refractivity (Wildman–Crippen MR) is 95.9 cm³/mol. The minimum Gasteiger partial charge on any atom is -0.507 e. The van der Waals surface area contributed by atoms with Crippen molar-refractivity contribution >= 4 is 0 Å². The zero-order chi connectivity index (χ0) is 20.1. The van der Waals surface area contributed by atoms with Gasteiger partial charge in [-0.3, -0.25) is 4.79 Å². The van der Waals surface area contributed by atoms with Crippen LogP contribution in [0, 0.1) is 6.92 Å². The van der Waals surface area contributed by atoms with Crippen LogP contribution in [0.25, 0.3) is 0 Å². The third-order valence-corrected chi connectivity index (χ3v) is 4.94. The molecule has 9 heteroatoms. The lowest BCUT2D eigenvalue weighted by Crippen LogP contribution is -2.38. The highest BCUT2D eigenvalue weighted by atomic mass is 16.7. The van der Waals surface area contributed by atoms with Crippen LogP contribution < -0.4 is 5.56 Å². The minimum absolute atomic E-state index is 0.0277. The van der Waals surface area contributed by atoms with E-state index in [1.807, 2.05) is 0 Å². The Hall–Kier alpha value is -1.49. The van der Waals surface area contributed by atoms with Gasteiger partial charge < -0.3 is 38.1 Å². The van der Waals surface area contributed by atoms with E-state index in [2.05, 4.69) is 0 Å². The zero-order valence-corrected chi connectivity index (χ0v) is 16.6. The van der Waals surface area contributed by atoms with Crippen molar-refractivity contribution in [1.29, 1.82) is 0 Å². The Morgan fingerprint density at radius 3 is 1.85 bits per heavy atom. The average molecular weight is 387 g/mol. The molecule has 1 aliphatic carbocycles. The molecule has 2 rings (SSSR count). The van der Waals surface area contributed by atoms with E-state index < -0.39 is 30.3 Å². The highest BCUT2D eigenvalue weighted by Gasteiger charge is 2.54. The van der Waals surface area contributed by atoms with Crippen LogP contribution in [0.3, 0.4) is 0 Å². The fourth-order valence-electron chi connectivity index (χ4n) is 3.70. The number of pyridine rings is 1. The van der Waals surface area contributed by atoms with Gasteiger partial charge in [0.25, 0.3) is 5.56 Å². The summed E-state index contributed by atoms with van der Waals surface area (Å²) < 4.78 is 34.6. The zero-order valence-electron chi connectivity index (χ0n) is 16.6. The molecule has 1 fully saturated rings. The largest absolute Gasteiger partial charge is 0.507 e. The number of hydrogen-bond donors (Lipinski definition) is 1. The molecule has 0 spiro atoms. The number of rotatable bonds is 9. The molecular weight excluding hydrogens is 358 g/mol. The van der Waals surface area contributed by atoms with E-state index in [1.165, 1.54) is 18.8 Å². The highest BCUT2D eigenvalue weighted by Crippen LogP contribution is 2.44. The number of aromatic nitrogens is 1. The quantitative estimate of drug-likeness (QED) is 0.612. The van der Waals surface area contributed by atoms with Crippen LogP contribution in [0.4, 0.5) is 0 Å². The van der Waals surface area contributed by atoms with Crippen LogP contribution in [-0.2, 0) is 35.5 Å². The molecule has 1 aliphatic rings. The normalized spacial score (nSPS) is 28.0. The molecular formula is C18H29NO8. The summed E-state index contributed by atoms with van der Waals surface area (Å²) in [6.07, 6.45) is -0.441. The summed E-state index contributed by atoms with van der Waals surface area (Å²) in [5.41, 5.74) is 0.490. The highest BCUT2D eigenvalue weighted by molar-refractivity contribution is 5.42. The van der Waals surface area contributed by atoms with Crippen molar-refractivity contribution < 1.29 is 33.5 Å². The lowest BCUT2D eigenvalue weighted by molar-refractivity contribution is -0.141. The van der Waals surface area contributed by atoms with Crippen molar-refractivity contribution in [2.45, 2.75) is 37.3 Å². The maximum atomic E-state index is 12.2. The molecule has 1 N–H and O–H groups in total. The minimum atomic E-state index is -0.537. The van der Waals surface area contributed by atoms with E-state index in [0.29, 0.717) is 5.56 Å². The molecule has 0 aromatic carbocycles. The third-order valence-electron chi connectivity index (χ3n) is 4.94. The van der Waals surface area contributed by atoms with E-state index >= 15 is 0 Å². The first-order valence-corrected chi connectivity index (χ1v) is 8.58. The number of hydrogen-bond acceptors (Lipinski definition) is 8. The summed E-state index contributed by atoms with van der Waals surface area (Å²) in [6.45, 7) is 1.63. The first-order chi connectivity index (χ1) is 12.9. The average Bonchev–Trinajstić information content (AvgIpc) is 2.97. The summed E-state index contributed by atoms with van der Waals surface area (Å²) in [4.78, 5) is 12.2. The summed E-state index contributed by atoms with van der Waals surface area (Å²) in [6, 6.07) is 0.